The number of amides is 1. The number of ether oxygens (including phenoxy) is 1. The van der Waals surface area contributed by atoms with Crippen molar-refractivity contribution in [2.45, 2.75) is 90.5 Å². The molecule has 39 heavy (non-hydrogen) atoms. The number of esters is 1. The summed E-state index contributed by atoms with van der Waals surface area (Å²) in [4.78, 5) is 43.9. The first-order valence-electron chi connectivity index (χ1n) is 13.8. The zero-order chi connectivity index (χ0) is 27.6. The minimum absolute atomic E-state index is 0.0266. The number of pyridine rings is 2. The van der Waals surface area contributed by atoms with Gasteiger partial charge in [0.25, 0.3) is 5.56 Å². The SMILES string of the molecule is CCCCCC(=O)N[C@H]1CCc2c(C)c(F)cc3nc4c(c1c23)Cn1c-4cc2c(c1=O)COC(=O)[C@]2(O)CC. The van der Waals surface area contributed by atoms with E-state index >= 15 is 4.39 Å². The van der Waals surface area contributed by atoms with Crippen LogP contribution < -0.4 is 10.9 Å². The Morgan fingerprint density at radius 3 is 2.77 bits per heavy atom. The number of carbonyl (C=O) groups excluding carboxylic acids is 2. The second kappa shape index (κ2) is 9.26. The lowest BCUT2D eigenvalue weighted by Crippen LogP contribution is -2.44. The molecule has 2 atom stereocenters. The van der Waals surface area contributed by atoms with Gasteiger partial charge in [-0.25, -0.2) is 14.2 Å². The predicted molar refractivity (Wildman–Crippen MR) is 143 cm³/mol. The van der Waals surface area contributed by atoms with E-state index in [4.69, 9.17) is 9.72 Å². The first kappa shape index (κ1) is 25.7. The maximum Gasteiger partial charge on any atom is 0.343 e. The van der Waals surface area contributed by atoms with Crippen LogP contribution in [0.1, 0.15) is 91.8 Å². The number of halogens is 1. The molecule has 2 aliphatic heterocycles. The molecule has 0 radical (unpaired) electrons. The number of benzene rings is 1. The van der Waals surface area contributed by atoms with E-state index in [9.17, 15) is 19.5 Å². The highest BCUT2D eigenvalue weighted by atomic mass is 19.1. The molecule has 2 aromatic heterocycles. The second-order valence-electron chi connectivity index (χ2n) is 10.9. The Hall–Kier alpha value is -3.59. The molecule has 8 nitrogen and oxygen atoms in total. The molecule has 0 saturated carbocycles. The number of aryl methyl sites for hydroxylation is 1. The third-order valence-corrected chi connectivity index (χ3v) is 8.72. The van der Waals surface area contributed by atoms with E-state index in [1.165, 1.54) is 6.07 Å². The van der Waals surface area contributed by atoms with Crippen LogP contribution >= 0.6 is 0 Å². The molecule has 204 valence electrons. The van der Waals surface area contributed by atoms with Gasteiger partial charge in [0.2, 0.25) is 5.91 Å². The topological polar surface area (TPSA) is 111 Å². The summed E-state index contributed by atoms with van der Waals surface area (Å²) >= 11 is 0. The molecule has 0 spiro atoms. The molecule has 4 heterocycles. The van der Waals surface area contributed by atoms with Crippen LogP contribution in [0.4, 0.5) is 4.39 Å². The van der Waals surface area contributed by atoms with Crippen molar-refractivity contribution in [3.8, 4) is 11.4 Å². The van der Waals surface area contributed by atoms with Crippen molar-refractivity contribution in [2.24, 2.45) is 0 Å². The summed E-state index contributed by atoms with van der Waals surface area (Å²) in [5.74, 6) is -1.15. The van der Waals surface area contributed by atoms with E-state index in [2.05, 4.69) is 12.2 Å². The summed E-state index contributed by atoms with van der Waals surface area (Å²) in [6.45, 7) is 5.53. The minimum atomic E-state index is -1.93. The van der Waals surface area contributed by atoms with Gasteiger partial charge in [-0.15, -0.1) is 0 Å². The number of cyclic esters (lactones) is 1. The second-order valence-corrected chi connectivity index (χ2v) is 10.9. The lowest BCUT2D eigenvalue weighted by molar-refractivity contribution is -0.172. The number of carbonyl (C=O) groups is 2. The van der Waals surface area contributed by atoms with Gasteiger partial charge in [0.1, 0.15) is 12.4 Å². The van der Waals surface area contributed by atoms with E-state index in [1.54, 1.807) is 24.5 Å². The lowest BCUT2D eigenvalue weighted by Gasteiger charge is -2.31. The molecule has 0 bridgehead atoms. The standard InChI is InChI=1S/C30H32FN3O5/c1-4-6-7-8-24(35)32-21-10-9-16-15(3)20(31)12-22-25(16)26(21)17-13-34-23(27(17)33-22)11-19-18(28(34)36)14-39-29(37)30(19,38)5-2/h11-12,21,38H,4-10,13-14H2,1-3H3,(H,32,35)/t21-,30-/m0/s1. The van der Waals surface area contributed by atoms with Crippen LogP contribution in [0.2, 0.25) is 0 Å². The number of unbranched alkanes of at least 4 members (excludes halogenated alkanes) is 2. The molecule has 1 amide bonds. The zero-order valence-electron chi connectivity index (χ0n) is 22.4. The molecule has 3 aromatic rings. The number of nitrogens with one attached hydrogen (secondary N) is 1. The van der Waals surface area contributed by atoms with Gasteiger partial charge < -0.3 is 19.7 Å². The summed E-state index contributed by atoms with van der Waals surface area (Å²) in [6.07, 6.45) is 4.52. The molecule has 0 saturated heterocycles. The molecule has 1 aliphatic carbocycles. The number of fused-ring (bicyclic) bond motifs is 5. The zero-order valence-corrected chi connectivity index (χ0v) is 22.4. The van der Waals surface area contributed by atoms with Crippen LogP contribution in [-0.2, 0) is 39.5 Å². The number of hydrogen-bond donors (Lipinski definition) is 2. The van der Waals surface area contributed by atoms with Gasteiger partial charge in [0, 0.05) is 29.0 Å². The average molecular weight is 534 g/mol. The van der Waals surface area contributed by atoms with Crippen LogP contribution in [-0.4, -0.2) is 26.5 Å². The van der Waals surface area contributed by atoms with Crippen molar-refractivity contribution in [3.05, 3.63) is 61.7 Å². The monoisotopic (exact) mass is 533 g/mol. The fourth-order valence-electron chi connectivity index (χ4n) is 6.50. The summed E-state index contributed by atoms with van der Waals surface area (Å²) in [6, 6.07) is 2.78. The first-order chi connectivity index (χ1) is 18.7. The van der Waals surface area contributed by atoms with Crippen LogP contribution in [0.5, 0.6) is 0 Å². The van der Waals surface area contributed by atoms with Crippen molar-refractivity contribution in [1.29, 1.82) is 0 Å². The molecule has 9 heteroatoms. The van der Waals surface area contributed by atoms with Crippen LogP contribution in [0.3, 0.4) is 0 Å². The fraction of sp³-hybridized carbons (Fsp3) is 0.467. The molecular formula is C30H32FN3O5. The molecule has 3 aliphatic rings. The quantitative estimate of drug-likeness (QED) is 0.284. The largest absolute Gasteiger partial charge is 0.458 e. The Bertz CT molecular complexity index is 1630. The Morgan fingerprint density at radius 1 is 1.23 bits per heavy atom. The van der Waals surface area contributed by atoms with Crippen molar-refractivity contribution in [1.82, 2.24) is 14.9 Å². The van der Waals surface area contributed by atoms with Gasteiger partial charge in [-0.2, -0.15) is 0 Å². The Kier molecular flexibility index (Phi) is 6.10. The third-order valence-electron chi connectivity index (χ3n) is 8.72. The lowest BCUT2D eigenvalue weighted by atomic mass is 9.81. The highest BCUT2D eigenvalue weighted by Crippen LogP contribution is 2.45. The van der Waals surface area contributed by atoms with Crippen molar-refractivity contribution >= 4 is 22.8 Å². The van der Waals surface area contributed by atoms with Gasteiger partial charge in [-0.3, -0.25) is 9.59 Å². The van der Waals surface area contributed by atoms with Crippen molar-refractivity contribution in [3.63, 3.8) is 0 Å². The van der Waals surface area contributed by atoms with E-state index in [1.807, 2.05) is 0 Å². The summed E-state index contributed by atoms with van der Waals surface area (Å²) < 4.78 is 21.8. The molecule has 1 aromatic carbocycles. The molecule has 0 unspecified atom stereocenters. The minimum Gasteiger partial charge on any atom is -0.458 e. The molecule has 2 N–H and O–H groups in total. The Balaban J connectivity index is 1.56. The van der Waals surface area contributed by atoms with Gasteiger partial charge >= 0.3 is 5.97 Å². The predicted octanol–water partition coefficient (Wildman–Crippen LogP) is 4.21. The number of aromatic nitrogens is 2. The van der Waals surface area contributed by atoms with E-state index in [-0.39, 0.29) is 54.0 Å². The van der Waals surface area contributed by atoms with E-state index < -0.39 is 11.6 Å². The summed E-state index contributed by atoms with van der Waals surface area (Å²) in [5.41, 5.74) is 2.79. The van der Waals surface area contributed by atoms with Crippen molar-refractivity contribution < 1.29 is 23.8 Å². The van der Waals surface area contributed by atoms with Crippen LogP contribution in [0, 0.1) is 12.7 Å². The maximum absolute atomic E-state index is 15.0. The number of nitrogens with zero attached hydrogens (tertiary/aromatic N) is 2. The fourth-order valence-corrected chi connectivity index (χ4v) is 6.50. The first-order valence-corrected chi connectivity index (χ1v) is 13.8. The van der Waals surface area contributed by atoms with Gasteiger partial charge in [-0.1, -0.05) is 26.7 Å². The number of hydrogen-bond acceptors (Lipinski definition) is 6. The molecular weight excluding hydrogens is 501 g/mol. The van der Waals surface area contributed by atoms with E-state index in [0.29, 0.717) is 41.7 Å². The normalized spacial score (nSPS) is 20.8. The molecule has 0 fully saturated rings. The summed E-state index contributed by atoms with van der Waals surface area (Å²) in [7, 11) is 0. The highest BCUT2D eigenvalue weighted by Gasteiger charge is 2.46. The van der Waals surface area contributed by atoms with Crippen LogP contribution in [0.25, 0.3) is 22.3 Å². The van der Waals surface area contributed by atoms with Gasteiger partial charge in [0.15, 0.2) is 5.60 Å². The Labute approximate surface area is 225 Å². The van der Waals surface area contributed by atoms with Gasteiger partial charge in [-0.05, 0) is 55.4 Å². The van der Waals surface area contributed by atoms with Crippen LogP contribution in [0.15, 0.2) is 16.9 Å². The summed E-state index contributed by atoms with van der Waals surface area (Å²) in [5, 5.41) is 15.2. The number of aliphatic hydroxyl groups is 1. The number of rotatable bonds is 6. The molecule has 6 rings (SSSR count). The third kappa shape index (κ3) is 3.73. The van der Waals surface area contributed by atoms with E-state index in [0.717, 1.165) is 41.3 Å². The highest BCUT2D eigenvalue weighted by molar-refractivity contribution is 5.94. The van der Waals surface area contributed by atoms with Gasteiger partial charge in [0.05, 0.1) is 35.1 Å². The average Bonchev–Trinajstić information content (AvgIpc) is 3.29. The smallest absolute Gasteiger partial charge is 0.343 e. The Morgan fingerprint density at radius 2 is 2.03 bits per heavy atom. The van der Waals surface area contributed by atoms with Crippen molar-refractivity contribution in [2.75, 3.05) is 0 Å². The maximum atomic E-state index is 15.0.